The maximum atomic E-state index is 13.5. The second-order valence-electron chi connectivity index (χ2n) is 8.48. The highest BCUT2D eigenvalue weighted by Gasteiger charge is 2.31. The van der Waals surface area contributed by atoms with Crippen molar-refractivity contribution in [1.82, 2.24) is 10.2 Å². The first-order valence-electron chi connectivity index (χ1n) is 11.5. The average Bonchev–Trinajstić information content (AvgIpc) is 2.85. The second-order valence-corrected chi connectivity index (χ2v) is 9.40. The van der Waals surface area contributed by atoms with Crippen molar-refractivity contribution in [2.45, 2.75) is 38.9 Å². The molecule has 184 valence electrons. The Bertz CT molecular complexity index is 1100. The third kappa shape index (κ3) is 8.14. The van der Waals surface area contributed by atoms with E-state index in [-0.39, 0.29) is 31.0 Å². The number of methoxy groups -OCH3 is 1. The highest BCUT2D eigenvalue weighted by Crippen LogP contribution is 2.20. The summed E-state index contributed by atoms with van der Waals surface area (Å²) in [6.07, 6.45) is 0.391. The molecule has 1 unspecified atom stereocenters. The third-order valence-electron chi connectivity index (χ3n) is 5.37. The van der Waals surface area contributed by atoms with Crippen LogP contribution in [0.4, 0.5) is 0 Å². The van der Waals surface area contributed by atoms with E-state index < -0.39 is 6.04 Å². The second kappa shape index (κ2) is 13.0. The van der Waals surface area contributed by atoms with Gasteiger partial charge < -0.3 is 19.7 Å². The summed E-state index contributed by atoms with van der Waals surface area (Å²) in [5.74, 6) is 0.776. The fraction of sp³-hybridized carbons (Fsp3) is 0.286. The number of hydrogen-bond donors (Lipinski definition) is 1. The lowest BCUT2D eigenvalue weighted by atomic mass is 10.0. The van der Waals surface area contributed by atoms with E-state index in [4.69, 9.17) is 9.47 Å². The van der Waals surface area contributed by atoms with Crippen LogP contribution in [0.1, 0.15) is 25.0 Å². The van der Waals surface area contributed by atoms with Gasteiger partial charge in [-0.1, -0.05) is 58.4 Å². The van der Waals surface area contributed by atoms with Gasteiger partial charge in [0, 0.05) is 23.5 Å². The Labute approximate surface area is 215 Å². The van der Waals surface area contributed by atoms with Gasteiger partial charge in [0.2, 0.25) is 5.91 Å². The summed E-state index contributed by atoms with van der Waals surface area (Å²) in [6.45, 7) is 3.89. The van der Waals surface area contributed by atoms with Gasteiger partial charge in [0.05, 0.1) is 7.11 Å². The molecule has 35 heavy (non-hydrogen) atoms. The van der Waals surface area contributed by atoms with Crippen LogP contribution in [0.5, 0.6) is 11.5 Å². The maximum absolute atomic E-state index is 13.5. The Morgan fingerprint density at radius 3 is 2.20 bits per heavy atom. The minimum atomic E-state index is -0.703. The summed E-state index contributed by atoms with van der Waals surface area (Å²) in [6, 6.07) is 23.7. The number of nitrogens with one attached hydrogen (secondary N) is 1. The molecule has 3 rings (SSSR count). The van der Waals surface area contributed by atoms with Crippen molar-refractivity contribution in [3.8, 4) is 11.5 Å². The zero-order chi connectivity index (χ0) is 25.2. The van der Waals surface area contributed by atoms with Crippen molar-refractivity contribution >= 4 is 27.7 Å². The molecule has 2 amide bonds. The van der Waals surface area contributed by atoms with E-state index in [1.54, 1.807) is 36.3 Å². The van der Waals surface area contributed by atoms with Crippen LogP contribution < -0.4 is 14.8 Å². The highest BCUT2D eigenvalue weighted by molar-refractivity contribution is 9.10. The number of halogens is 1. The molecule has 0 fully saturated rings. The van der Waals surface area contributed by atoms with Crippen LogP contribution in [-0.4, -0.2) is 42.5 Å². The van der Waals surface area contributed by atoms with Crippen LogP contribution in [0.3, 0.4) is 0 Å². The molecule has 0 saturated carbocycles. The molecule has 0 aromatic heterocycles. The number of hydrogen-bond acceptors (Lipinski definition) is 4. The van der Waals surface area contributed by atoms with Crippen molar-refractivity contribution in [3.63, 3.8) is 0 Å². The summed E-state index contributed by atoms with van der Waals surface area (Å²) in [5.41, 5.74) is 1.88. The fourth-order valence-corrected chi connectivity index (χ4v) is 4.11. The van der Waals surface area contributed by atoms with E-state index in [1.807, 2.05) is 68.4 Å². The largest absolute Gasteiger partial charge is 0.497 e. The Hall–Kier alpha value is -3.32. The van der Waals surface area contributed by atoms with E-state index in [0.29, 0.717) is 17.9 Å². The first-order valence-corrected chi connectivity index (χ1v) is 12.3. The molecule has 7 heteroatoms. The molecule has 0 aliphatic rings. The number of carbonyl (C=O) groups excluding carboxylic acids is 2. The summed E-state index contributed by atoms with van der Waals surface area (Å²) >= 11 is 3.50. The minimum absolute atomic E-state index is 0.0563. The standard InChI is InChI=1S/C28H31BrN2O4/c1-20(2)30-28(33)26(17-21-8-5-4-6-9-21)31(18-22-10-7-11-23(29)16-22)27(32)19-35-25-14-12-24(34-3)13-15-25/h4-16,20,26H,17-19H2,1-3H3,(H,30,33). The Morgan fingerprint density at radius 1 is 0.914 bits per heavy atom. The number of carbonyl (C=O) groups is 2. The van der Waals surface area contributed by atoms with Crippen LogP contribution in [0, 0.1) is 0 Å². The van der Waals surface area contributed by atoms with Crippen LogP contribution in [-0.2, 0) is 22.6 Å². The Kier molecular flexibility index (Phi) is 9.73. The molecule has 0 aliphatic heterocycles. The topological polar surface area (TPSA) is 67.9 Å². The van der Waals surface area contributed by atoms with Gasteiger partial charge in [0.15, 0.2) is 6.61 Å². The molecule has 6 nitrogen and oxygen atoms in total. The van der Waals surface area contributed by atoms with Gasteiger partial charge in [-0.2, -0.15) is 0 Å². The van der Waals surface area contributed by atoms with E-state index in [9.17, 15) is 9.59 Å². The monoisotopic (exact) mass is 538 g/mol. The summed E-state index contributed by atoms with van der Waals surface area (Å²) in [4.78, 5) is 28.5. The zero-order valence-corrected chi connectivity index (χ0v) is 21.8. The molecule has 0 heterocycles. The summed E-state index contributed by atoms with van der Waals surface area (Å²) in [7, 11) is 1.59. The van der Waals surface area contributed by atoms with Crippen molar-refractivity contribution in [2.24, 2.45) is 0 Å². The fourth-order valence-electron chi connectivity index (χ4n) is 3.67. The van der Waals surface area contributed by atoms with Gasteiger partial charge in [-0.3, -0.25) is 9.59 Å². The SMILES string of the molecule is COc1ccc(OCC(=O)N(Cc2cccc(Br)c2)C(Cc2ccccc2)C(=O)NC(C)C)cc1. The molecule has 0 saturated heterocycles. The molecule has 0 bridgehead atoms. The Morgan fingerprint density at radius 2 is 1.57 bits per heavy atom. The van der Waals surface area contributed by atoms with Crippen molar-refractivity contribution in [1.29, 1.82) is 0 Å². The van der Waals surface area contributed by atoms with Gasteiger partial charge in [-0.15, -0.1) is 0 Å². The number of nitrogens with zero attached hydrogens (tertiary/aromatic N) is 1. The number of amides is 2. The van der Waals surface area contributed by atoms with Crippen molar-refractivity contribution < 1.29 is 19.1 Å². The quantitative estimate of drug-likeness (QED) is 0.373. The van der Waals surface area contributed by atoms with Gasteiger partial charge in [-0.25, -0.2) is 0 Å². The summed E-state index contributed by atoms with van der Waals surface area (Å²) in [5, 5.41) is 2.99. The van der Waals surface area contributed by atoms with Crippen LogP contribution in [0.15, 0.2) is 83.3 Å². The average molecular weight is 539 g/mol. The first kappa shape index (κ1) is 26.3. The third-order valence-corrected chi connectivity index (χ3v) is 5.86. The van der Waals surface area contributed by atoms with Crippen LogP contribution in [0.2, 0.25) is 0 Å². The molecule has 1 atom stereocenters. The lowest BCUT2D eigenvalue weighted by molar-refractivity contribution is -0.143. The molecule has 3 aromatic carbocycles. The van der Waals surface area contributed by atoms with Gasteiger partial charge in [-0.05, 0) is 61.4 Å². The summed E-state index contributed by atoms with van der Waals surface area (Å²) < 4.78 is 11.9. The smallest absolute Gasteiger partial charge is 0.261 e. The maximum Gasteiger partial charge on any atom is 0.261 e. The molecule has 0 spiro atoms. The lowest BCUT2D eigenvalue weighted by Crippen LogP contribution is -2.52. The van der Waals surface area contributed by atoms with Gasteiger partial charge in [0.25, 0.3) is 5.91 Å². The predicted octanol–water partition coefficient (Wildman–Crippen LogP) is 5.00. The van der Waals surface area contributed by atoms with E-state index in [1.165, 1.54) is 0 Å². The normalized spacial score (nSPS) is 11.6. The molecular formula is C28H31BrN2O4. The number of rotatable bonds is 11. The molecule has 1 N–H and O–H groups in total. The molecule has 0 aliphatic carbocycles. The lowest BCUT2D eigenvalue weighted by Gasteiger charge is -2.32. The van der Waals surface area contributed by atoms with Gasteiger partial charge in [0.1, 0.15) is 17.5 Å². The molecule has 3 aromatic rings. The Balaban J connectivity index is 1.88. The van der Waals surface area contributed by atoms with Gasteiger partial charge >= 0.3 is 0 Å². The molecular weight excluding hydrogens is 508 g/mol. The molecule has 0 radical (unpaired) electrons. The number of benzene rings is 3. The van der Waals surface area contributed by atoms with E-state index >= 15 is 0 Å². The highest BCUT2D eigenvalue weighted by atomic mass is 79.9. The minimum Gasteiger partial charge on any atom is -0.497 e. The van der Waals surface area contributed by atoms with E-state index in [0.717, 1.165) is 15.6 Å². The first-order chi connectivity index (χ1) is 16.9. The van der Waals surface area contributed by atoms with E-state index in [2.05, 4.69) is 21.2 Å². The van der Waals surface area contributed by atoms with Crippen molar-refractivity contribution in [2.75, 3.05) is 13.7 Å². The van der Waals surface area contributed by atoms with Crippen molar-refractivity contribution in [3.05, 3.63) is 94.5 Å². The van der Waals surface area contributed by atoms with Crippen LogP contribution in [0.25, 0.3) is 0 Å². The zero-order valence-electron chi connectivity index (χ0n) is 20.2. The van der Waals surface area contributed by atoms with Crippen LogP contribution >= 0.6 is 15.9 Å². The number of ether oxygens (including phenoxy) is 2. The predicted molar refractivity (Wildman–Crippen MR) is 140 cm³/mol.